The summed E-state index contributed by atoms with van der Waals surface area (Å²) < 4.78 is 57.7. The molecule has 8 nitrogen and oxygen atoms in total. The fraction of sp³-hybridized carbons (Fsp3) is 0.269. The maximum atomic E-state index is 13.6. The molecule has 0 aliphatic heterocycles. The van der Waals surface area contributed by atoms with Gasteiger partial charge in [0.25, 0.3) is 10.0 Å². The van der Waals surface area contributed by atoms with Gasteiger partial charge in [0.1, 0.15) is 24.7 Å². The quantitative estimate of drug-likeness (QED) is 0.415. The second kappa shape index (κ2) is 11.8. The van der Waals surface area contributed by atoms with Gasteiger partial charge in [-0.25, -0.2) is 12.8 Å². The molecule has 192 valence electrons. The lowest BCUT2D eigenvalue weighted by atomic mass is 10.2. The highest BCUT2D eigenvalue weighted by atomic mass is 32.2. The number of anilines is 1. The van der Waals surface area contributed by atoms with Crippen LogP contribution in [0.4, 0.5) is 10.1 Å². The fourth-order valence-electron chi connectivity index (χ4n) is 3.37. The molecule has 0 bridgehead atoms. The third-order valence-electron chi connectivity index (χ3n) is 5.27. The zero-order chi connectivity index (χ0) is 26.3. The van der Waals surface area contributed by atoms with Crippen LogP contribution in [0.25, 0.3) is 0 Å². The number of hydrogen-bond donors (Lipinski definition) is 1. The monoisotopic (exact) mass is 516 g/mol. The largest absolute Gasteiger partial charge is 0.493 e. The Morgan fingerprint density at radius 2 is 1.61 bits per heavy atom. The minimum absolute atomic E-state index is 0.118. The van der Waals surface area contributed by atoms with Crippen LogP contribution in [-0.4, -0.2) is 47.7 Å². The number of ether oxygens (including phenoxy) is 3. The van der Waals surface area contributed by atoms with Crippen LogP contribution in [0.3, 0.4) is 0 Å². The smallest absolute Gasteiger partial charge is 0.264 e. The highest BCUT2D eigenvalue weighted by Crippen LogP contribution is 2.32. The molecule has 1 amide bonds. The van der Waals surface area contributed by atoms with Gasteiger partial charge in [0, 0.05) is 6.07 Å². The summed E-state index contributed by atoms with van der Waals surface area (Å²) in [7, 11) is -1.41. The van der Waals surface area contributed by atoms with Crippen molar-refractivity contribution in [2.24, 2.45) is 0 Å². The first-order chi connectivity index (χ1) is 17.1. The van der Waals surface area contributed by atoms with Gasteiger partial charge in [-0.1, -0.05) is 17.7 Å². The Morgan fingerprint density at radius 1 is 0.972 bits per heavy atom. The van der Waals surface area contributed by atoms with Gasteiger partial charge >= 0.3 is 0 Å². The van der Waals surface area contributed by atoms with Crippen LogP contribution in [0.15, 0.2) is 71.6 Å². The van der Waals surface area contributed by atoms with Crippen molar-refractivity contribution in [1.82, 2.24) is 5.32 Å². The van der Waals surface area contributed by atoms with Gasteiger partial charge in [0.15, 0.2) is 11.5 Å². The molecule has 10 heteroatoms. The number of hydrogen-bond acceptors (Lipinski definition) is 6. The number of rotatable bonds is 11. The summed E-state index contributed by atoms with van der Waals surface area (Å²) in [5.74, 6) is 0.136. The molecule has 0 aliphatic rings. The standard InChI is InChI=1S/C26H29FN2O6S/c1-18-5-11-22(12-6-18)35-17-19(2)28-26(30)16-29(21-9-7-20(27)8-10-21)36(31,32)23-13-14-24(33-3)25(15-23)34-4/h5-15,19H,16-17H2,1-4H3,(H,28,30). The molecule has 36 heavy (non-hydrogen) atoms. The van der Waals surface area contributed by atoms with Gasteiger partial charge in [-0.2, -0.15) is 0 Å². The number of carbonyl (C=O) groups is 1. The van der Waals surface area contributed by atoms with Crippen molar-refractivity contribution in [3.8, 4) is 17.2 Å². The zero-order valence-electron chi connectivity index (χ0n) is 20.5. The van der Waals surface area contributed by atoms with Gasteiger partial charge in [-0.05, 0) is 62.4 Å². The van der Waals surface area contributed by atoms with E-state index in [1.807, 2.05) is 31.2 Å². The molecule has 1 unspecified atom stereocenters. The summed E-state index contributed by atoms with van der Waals surface area (Å²) in [5.41, 5.74) is 1.23. The minimum atomic E-state index is -4.23. The van der Waals surface area contributed by atoms with E-state index < -0.39 is 34.3 Å². The molecule has 1 atom stereocenters. The first-order valence-corrected chi connectivity index (χ1v) is 12.6. The van der Waals surface area contributed by atoms with E-state index in [-0.39, 0.29) is 22.9 Å². The van der Waals surface area contributed by atoms with Gasteiger partial charge in [0.2, 0.25) is 5.91 Å². The Balaban J connectivity index is 1.80. The molecular formula is C26H29FN2O6S. The number of amides is 1. The minimum Gasteiger partial charge on any atom is -0.493 e. The molecule has 1 N–H and O–H groups in total. The second-order valence-electron chi connectivity index (χ2n) is 8.10. The number of carbonyl (C=O) groups excluding carboxylic acids is 1. The molecule has 0 aliphatic carbocycles. The predicted octanol–water partition coefficient (Wildman–Crippen LogP) is 3.93. The zero-order valence-corrected chi connectivity index (χ0v) is 21.3. The lowest BCUT2D eigenvalue weighted by Gasteiger charge is -2.25. The van der Waals surface area contributed by atoms with Crippen molar-refractivity contribution < 1.29 is 31.8 Å². The number of benzene rings is 3. The SMILES string of the molecule is COc1ccc(S(=O)(=O)N(CC(=O)NC(C)COc2ccc(C)cc2)c2ccc(F)cc2)cc1OC. The number of aryl methyl sites for hydroxylation is 1. The Hall–Kier alpha value is -3.79. The van der Waals surface area contributed by atoms with Crippen molar-refractivity contribution in [2.75, 3.05) is 31.7 Å². The lowest BCUT2D eigenvalue weighted by Crippen LogP contribution is -2.45. The van der Waals surface area contributed by atoms with Crippen molar-refractivity contribution in [1.29, 1.82) is 0 Å². The molecule has 0 spiro atoms. The van der Waals surface area contributed by atoms with E-state index in [0.717, 1.165) is 22.0 Å². The maximum Gasteiger partial charge on any atom is 0.264 e. The van der Waals surface area contributed by atoms with Gasteiger partial charge in [0.05, 0.1) is 30.8 Å². The van der Waals surface area contributed by atoms with Crippen LogP contribution >= 0.6 is 0 Å². The Bertz CT molecular complexity index is 1280. The molecule has 0 radical (unpaired) electrons. The first-order valence-electron chi connectivity index (χ1n) is 11.1. The van der Waals surface area contributed by atoms with E-state index >= 15 is 0 Å². The van der Waals surface area contributed by atoms with E-state index in [1.54, 1.807) is 6.92 Å². The number of sulfonamides is 1. The van der Waals surface area contributed by atoms with Crippen molar-refractivity contribution in [3.05, 3.63) is 78.1 Å². The van der Waals surface area contributed by atoms with E-state index in [4.69, 9.17) is 14.2 Å². The Morgan fingerprint density at radius 3 is 2.22 bits per heavy atom. The molecule has 3 rings (SSSR count). The predicted molar refractivity (Wildman–Crippen MR) is 135 cm³/mol. The summed E-state index contributed by atoms with van der Waals surface area (Å²) in [6.45, 7) is 3.37. The molecular weight excluding hydrogens is 487 g/mol. The van der Waals surface area contributed by atoms with Crippen LogP contribution in [0.1, 0.15) is 12.5 Å². The number of halogens is 1. The third kappa shape index (κ3) is 6.66. The van der Waals surface area contributed by atoms with E-state index in [1.165, 1.54) is 44.6 Å². The summed E-state index contributed by atoms with van der Waals surface area (Å²) in [6.07, 6.45) is 0. The third-order valence-corrected chi connectivity index (χ3v) is 7.04. The lowest BCUT2D eigenvalue weighted by molar-refractivity contribution is -0.120. The Kier molecular flexibility index (Phi) is 8.76. The molecule has 3 aromatic rings. The molecule has 0 saturated carbocycles. The van der Waals surface area contributed by atoms with Gasteiger partial charge in [-0.15, -0.1) is 0 Å². The van der Waals surface area contributed by atoms with E-state index in [2.05, 4.69) is 5.32 Å². The van der Waals surface area contributed by atoms with Crippen LogP contribution < -0.4 is 23.8 Å². The van der Waals surface area contributed by atoms with E-state index in [0.29, 0.717) is 11.5 Å². The summed E-state index contributed by atoms with van der Waals surface area (Å²) in [4.78, 5) is 12.8. The summed E-state index contributed by atoms with van der Waals surface area (Å²) in [5, 5.41) is 2.75. The highest BCUT2D eigenvalue weighted by molar-refractivity contribution is 7.92. The number of methoxy groups -OCH3 is 2. The Labute approximate surface area is 210 Å². The van der Waals surface area contributed by atoms with Gasteiger partial charge < -0.3 is 19.5 Å². The fourth-order valence-corrected chi connectivity index (χ4v) is 4.81. The molecule has 0 saturated heterocycles. The summed E-state index contributed by atoms with van der Waals surface area (Å²) in [6, 6.07) is 16.0. The van der Waals surface area contributed by atoms with Gasteiger partial charge in [-0.3, -0.25) is 9.10 Å². The topological polar surface area (TPSA) is 94.2 Å². The van der Waals surface area contributed by atoms with Crippen LogP contribution in [0, 0.1) is 12.7 Å². The van der Waals surface area contributed by atoms with Crippen LogP contribution in [-0.2, 0) is 14.8 Å². The van der Waals surface area contributed by atoms with Crippen molar-refractivity contribution in [2.45, 2.75) is 24.8 Å². The molecule has 0 aromatic heterocycles. The van der Waals surface area contributed by atoms with E-state index in [9.17, 15) is 17.6 Å². The van der Waals surface area contributed by atoms with Crippen molar-refractivity contribution >= 4 is 21.6 Å². The van der Waals surface area contributed by atoms with Crippen molar-refractivity contribution in [3.63, 3.8) is 0 Å². The molecule has 0 fully saturated rings. The first kappa shape index (κ1) is 26.8. The maximum absolute atomic E-state index is 13.6. The summed E-state index contributed by atoms with van der Waals surface area (Å²) >= 11 is 0. The molecule has 3 aromatic carbocycles. The second-order valence-corrected chi connectivity index (χ2v) is 9.96. The average Bonchev–Trinajstić information content (AvgIpc) is 2.87. The average molecular weight is 517 g/mol. The number of nitrogens with zero attached hydrogens (tertiary/aromatic N) is 1. The van der Waals surface area contributed by atoms with Crippen LogP contribution in [0.5, 0.6) is 17.2 Å². The van der Waals surface area contributed by atoms with Crippen LogP contribution in [0.2, 0.25) is 0 Å². The molecule has 0 heterocycles. The highest BCUT2D eigenvalue weighted by Gasteiger charge is 2.29. The number of nitrogens with one attached hydrogen (secondary N) is 1. The normalized spacial score (nSPS) is 11.9.